The van der Waals surface area contributed by atoms with Crippen molar-refractivity contribution in [3.8, 4) is 0 Å². The summed E-state index contributed by atoms with van der Waals surface area (Å²) in [6.07, 6.45) is 5.19. The minimum absolute atomic E-state index is 0. The Labute approximate surface area is 200 Å². The molecular weight excluding hydrogens is 503 g/mol. The quantitative estimate of drug-likeness (QED) is 0.309. The van der Waals surface area contributed by atoms with Crippen LogP contribution in [0.5, 0.6) is 0 Å². The normalized spacial score (nSPS) is 17.5. The molecule has 9 heteroatoms. The molecule has 1 fully saturated rings. The summed E-state index contributed by atoms with van der Waals surface area (Å²) in [5.41, 5.74) is 2.53. The predicted octanol–water partition coefficient (Wildman–Crippen LogP) is 3.17. The summed E-state index contributed by atoms with van der Waals surface area (Å²) in [6, 6.07) is 10.6. The van der Waals surface area contributed by atoms with Gasteiger partial charge in [-0.1, -0.05) is 30.3 Å². The van der Waals surface area contributed by atoms with Gasteiger partial charge in [0.15, 0.2) is 11.8 Å². The third kappa shape index (κ3) is 5.44. The first-order chi connectivity index (χ1) is 14.5. The number of aliphatic imine (C=N–C) groups is 1. The van der Waals surface area contributed by atoms with Crippen LogP contribution in [0.4, 0.5) is 0 Å². The third-order valence-corrected chi connectivity index (χ3v) is 5.88. The van der Waals surface area contributed by atoms with Crippen molar-refractivity contribution in [2.75, 3.05) is 13.1 Å². The monoisotopic (exact) mass is 534 g/mol. The van der Waals surface area contributed by atoms with E-state index in [0.29, 0.717) is 12.5 Å². The van der Waals surface area contributed by atoms with Gasteiger partial charge in [0.05, 0.1) is 12.2 Å². The molecule has 0 radical (unpaired) electrons. The lowest BCUT2D eigenvalue weighted by atomic mass is 10.0. The molecule has 1 saturated heterocycles. The lowest BCUT2D eigenvalue weighted by Crippen LogP contribution is -2.41. The number of halogens is 1. The molecule has 31 heavy (non-hydrogen) atoms. The highest BCUT2D eigenvalue weighted by Gasteiger charge is 2.28. The summed E-state index contributed by atoms with van der Waals surface area (Å²) in [5, 5.41) is 16.4. The SMILES string of the molecule is Cc1nnc(CN=C(NC(C)c2ccccc2)N2CCC(c3cnn(C)c3)C2)n1C.I. The van der Waals surface area contributed by atoms with E-state index in [4.69, 9.17) is 4.99 Å². The van der Waals surface area contributed by atoms with E-state index in [1.807, 2.05) is 42.5 Å². The first-order valence-electron chi connectivity index (χ1n) is 10.5. The highest BCUT2D eigenvalue weighted by atomic mass is 127. The number of guanidine groups is 1. The molecule has 1 aromatic carbocycles. The third-order valence-electron chi connectivity index (χ3n) is 5.88. The second kappa shape index (κ2) is 10.3. The minimum atomic E-state index is 0. The fraction of sp³-hybridized carbons (Fsp3) is 0.455. The fourth-order valence-electron chi connectivity index (χ4n) is 3.87. The van der Waals surface area contributed by atoms with Gasteiger partial charge < -0.3 is 14.8 Å². The molecule has 2 atom stereocenters. The summed E-state index contributed by atoms with van der Waals surface area (Å²) in [6.45, 7) is 6.51. The summed E-state index contributed by atoms with van der Waals surface area (Å²) >= 11 is 0. The van der Waals surface area contributed by atoms with Crippen LogP contribution in [0.2, 0.25) is 0 Å². The Morgan fingerprint density at radius 3 is 2.65 bits per heavy atom. The predicted molar refractivity (Wildman–Crippen MR) is 132 cm³/mol. The van der Waals surface area contributed by atoms with Gasteiger partial charge in [-0.15, -0.1) is 34.2 Å². The number of benzene rings is 1. The van der Waals surface area contributed by atoms with Crippen molar-refractivity contribution in [2.45, 2.75) is 38.8 Å². The van der Waals surface area contributed by atoms with E-state index in [9.17, 15) is 0 Å². The van der Waals surface area contributed by atoms with E-state index >= 15 is 0 Å². The highest BCUT2D eigenvalue weighted by Crippen LogP contribution is 2.27. The molecule has 2 aromatic heterocycles. The standard InChI is InChI=1S/C22H30N8.HI/c1-16(18-8-6-5-7-9-18)25-22(23-13-21-27-26-17(2)29(21)4)30-11-10-19(15-30)20-12-24-28(3)14-20;/h5-9,12,14,16,19H,10-11,13,15H2,1-4H3,(H,23,25);1H. The Morgan fingerprint density at radius 1 is 1.23 bits per heavy atom. The number of aromatic nitrogens is 5. The molecule has 4 rings (SSSR count). The van der Waals surface area contributed by atoms with Gasteiger partial charge in [-0.3, -0.25) is 4.68 Å². The van der Waals surface area contributed by atoms with Gasteiger partial charge in [0.25, 0.3) is 0 Å². The van der Waals surface area contributed by atoms with Crippen LogP contribution in [0.1, 0.15) is 48.1 Å². The van der Waals surface area contributed by atoms with E-state index in [1.54, 1.807) is 0 Å². The summed E-state index contributed by atoms with van der Waals surface area (Å²) < 4.78 is 3.86. The fourth-order valence-corrected chi connectivity index (χ4v) is 3.87. The van der Waals surface area contributed by atoms with Crippen molar-refractivity contribution < 1.29 is 0 Å². The van der Waals surface area contributed by atoms with Crippen molar-refractivity contribution in [2.24, 2.45) is 19.1 Å². The summed E-state index contributed by atoms with van der Waals surface area (Å²) in [4.78, 5) is 7.28. The molecule has 166 valence electrons. The Balaban J connectivity index is 0.00000272. The van der Waals surface area contributed by atoms with Crippen LogP contribution in [0.3, 0.4) is 0 Å². The number of aryl methyl sites for hydroxylation is 2. The van der Waals surface area contributed by atoms with E-state index in [-0.39, 0.29) is 30.0 Å². The molecule has 0 aliphatic carbocycles. The van der Waals surface area contributed by atoms with Crippen molar-refractivity contribution >= 4 is 29.9 Å². The number of hydrogen-bond acceptors (Lipinski definition) is 4. The zero-order valence-corrected chi connectivity index (χ0v) is 20.9. The molecule has 1 aliphatic heterocycles. The lowest BCUT2D eigenvalue weighted by Gasteiger charge is -2.25. The maximum Gasteiger partial charge on any atom is 0.194 e. The molecule has 0 amide bonds. The van der Waals surface area contributed by atoms with Crippen molar-refractivity contribution in [1.82, 2.24) is 34.8 Å². The highest BCUT2D eigenvalue weighted by molar-refractivity contribution is 14.0. The van der Waals surface area contributed by atoms with Gasteiger partial charge in [-0.05, 0) is 31.4 Å². The molecule has 3 aromatic rings. The van der Waals surface area contributed by atoms with Crippen molar-refractivity contribution in [3.63, 3.8) is 0 Å². The second-order valence-corrected chi connectivity index (χ2v) is 8.02. The minimum Gasteiger partial charge on any atom is -0.350 e. The maximum absolute atomic E-state index is 4.94. The van der Waals surface area contributed by atoms with Crippen LogP contribution in [0.25, 0.3) is 0 Å². The van der Waals surface area contributed by atoms with Gasteiger partial charge in [0.1, 0.15) is 12.4 Å². The van der Waals surface area contributed by atoms with Crippen LogP contribution >= 0.6 is 24.0 Å². The molecule has 0 spiro atoms. The molecule has 2 unspecified atom stereocenters. The number of nitrogens with one attached hydrogen (secondary N) is 1. The number of likely N-dealkylation sites (tertiary alicyclic amines) is 1. The van der Waals surface area contributed by atoms with Crippen molar-refractivity contribution in [1.29, 1.82) is 0 Å². The molecule has 1 N–H and O–H groups in total. The van der Waals surface area contributed by atoms with Gasteiger partial charge in [-0.25, -0.2) is 4.99 Å². The van der Waals surface area contributed by atoms with Gasteiger partial charge in [-0.2, -0.15) is 5.10 Å². The topological polar surface area (TPSA) is 76.2 Å². The molecule has 0 saturated carbocycles. The average molecular weight is 534 g/mol. The summed E-state index contributed by atoms with van der Waals surface area (Å²) in [7, 11) is 3.95. The number of rotatable bonds is 5. The zero-order chi connectivity index (χ0) is 21.1. The molecule has 1 aliphatic rings. The molecular formula is C22H31IN8. The zero-order valence-electron chi connectivity index (χ0n) is 18.6. The molecule has 8 nitrogen and oxygen atoms in total. The molecule has 3 heterocycles. The van der Waals surface area contributed by atoms with Gasteiger partial charge >= 0.3 is 0 Å². The summed E-state index contributed by atoms with van der Waals surface area (Å²) in [5.74, 6) is 3.14. The van der Waals surface area contributed by atoms with Crippen LogP contribution < -0.4 is 5.32 Å². The Kier molecular flexibility index (Phi) is 7.69. The van der Waals surface area contributed by atoms with E-state index in [1.165, 1.54) is 11.1 Å². The maximum atomic E-state index is 4.94. The first kappa shape index (κ1) is 23.2. The Hall–Kier alpha value is -2.43. The average Bonchev–Trinajstić information content (AvgIpc) is 3.48. The van der Waals surface area contributed by atoms with Gasteiger partial charge in [0.2, 0.25) is 0 Å². The largest absolute Gasteiger partial charge is 0.350 e. The van der Waals surface area contributed by atoms with E-state index < -0.39 is 0 Å². The lowest BCUT2D eigenvalue weighted by molar-refractivity contribution is 0.471. The van der Waals surface area contributed by atoms with Gasteiger partial charge in [0, 0.05) is 39.3 Å². The van der Waals surface area contributed by atoms with Crippen LogP contribution in [-0.4, -0.2) is 48.5 Å². The van der Waals surface area contributed by atoms with Crippen LogP contribution in [0.15, 0.2) is 47.7 Å². The van der Waals surface area contributed by atoms with Crippen LogP contribution in [-0.2, 0) is 20.6 Å². The number of hydrogen-bond donors (Lipinski definition) is 1. The van der Waals surface area contributed by atoms with E-state index in [0.717, 1.165) is 37.1 Å². The number of nitrogens with zero attached hydrogens (tertiary/aromatic N) is 7. The van der Waals surface area contributed by atoms with Crippen LogP contribution in [0, 0.1) is 6.92 Å². The second-order valence-electron chi connectivity index (χ2n) is 8.02. The molecule has 0 bridgehead atoms. The first-order valence-corrected chi connectivity index (χ1v) is 10.5. The Bertz CT molecular complexity index is 1010. The van der Waals surface area contributed by atoms with Crippen molar-refractivity contribution in [3.05, 3.63) is 65.5 Å². The van der Waals surface area contributed by atoms with E-state index in [2.05, 4.69) is 62.9 Å². The Morgan fingerprint density at radius 2 is 2.00 bits per heavy atom. The smallest absolute Gasteiger partial charge is 0.194 e.